The van der Waals surface area contributed by atoms with E-state index in [-0.39, 0.29) is 11.6 Å². The largest absolute Gasteiger partial charge is 0.491 e. The van der Waals surface area contributed by atoms with Crippen LogP contribution >= 0.6 is 11.6 Å². The van der Waals surface area contributed by atoms with Crippen molar-refractivity contribution in [2.24, 2.45) is 5.73 Å². The zero-order valence-electron chi connectivity index (χ0n) is 14.0. The lowest BCUT2D eigenvalue weighted by Gasteiger charge is -2.32. The molecule has 1 saturated heterocycles. The number of nitrogens with two attached hydrogens (primary N) is 1. The molecule has 0 saturated carbocycles. The van der Waals surface area contributed by atoms with Crippen LogP contribution in [0.4, 0.5) is 13.2 Å². The van der Waals surface area contributed by atoms with Crippen molar-refractivity contribution in [2.75, 3.05) is 6.54 Å². The predicted molar refractivity (Wildman–Crippen MR) is 89.6 cm³/mol. The van der Waals surface area contributed by atoms with Gasteiger partial charge in [0.1, 0.15) is 0 Å². The quantitative estimate of drug-likeness (QED) is 0.815. The van der Waals surface area contributed by atoms with Gasteiger partial charge in [-0.3, -0.25) is 0 Å². The SMILES string of the molecule is CC1(C)OB(C(=Cc2cc(Cl)cc(C(F)(F)F)c2)CN)OC1(C)C. The van der Waals surface area contributed by atoms with Crippen molar-refractivity contribution in [2.45, 2.75) is 45.1 Å². The van der Waals surface area contributed by atoms with Crippen molar-refractivity contribution in [3.05, 3.63) is 39.8 Å². The van der Waals surface area contributed by atoms with Gasteiger partial charge < -0.3 is 15.0 Å². The van der Waals surface area contributed by atoms with Crippen molar-refractivity contribution in [3.63, 3.8) is 0 Å². The fourth-order valence-corrected chi connectivity index (χ4v) is 2.53. The maximum absolute atomic E-state index is 12.9. The molecule has 0 atom stereocenters. The lowest BCUT2D eigenvalue weighted by Crippen LogP contribution is -2.41. The highest BCUT2D eigenvalue weighted by molar-refractivity contribution is 6.55. The highest BCUT2D eigenvalue weighted by Crippen LogP contribution is 2.39. The smallest absolute Gasteiger partial charge is 0.400 e. The summed E-state index contributed by atoms with van der Waals surface area (Å²) in [6.07, 6.45) is -2.94. The molecule has 0 bridgehead atoms. The van der Waals surface area contributed by atoms with Gasteiger partial charge in [0.05, 0.1) is 16.8 Å². The highest BCUT2D eigenvalue weighted by Gasteiger charge is 2.52. The fourth-order valence-electron chi connectivity index (χ4n) is 2.29. The first-order chi connectivity index (χ1) is 10.9. The van der Waals surface area contributed by atoms with Crippen molar-refractivity contribution >= 4 is 24.8 Å². The minimum Gasteiger partial charge on any atom is -0.400 e. The van der Waals surface area contributed by atoms with Gasteiger partial charge in [-0.1, -0.05) is 17.7 Å². The molecule has 1 aromatic rings. The molecular weight excluding hydrogens is 341 g/mol. The zero-order valence-corrected chi connectivity index (χ0v) is 14.8. The molecule has 0 unspecified atom stereocenters. The number of alkyl halides is 3. The van der Waals surface area contributed by atoms with Crippen LogP contribution in [0, 0.1) is 0 Å². The summed E-state index contributed by atoms with van der Waals surface area (Å²) >= 11 is 5.81. The third kappa shape index (κ3) is 3.96. The first-order valence-corrected chi connectivity index (χ1v) is 7.87. The van der Waals surface area contributed by atoms with E-state index in [9.17, 15) is 13.2 Å². The van der Waals surface area contributed by atoms with Crippen LogP contribution in [0.3, 0.4) is 0 Å². The molecule has 8 heteroatoms. The van der Waals surface area contributed by atoms with Gasteiger partial charge in [-0.05, 0) is 56.9 Å². The average Bonchev–Trinajstić information content (AvgIpc) is 2.63. The van der Waals surface area contributed by atoms with E-state index in [1.165, 1.54) is 12.1 Å². The molecule has 0 spiro atoms. The average molecular weight is 362 g/mol. The summed E-state index contributed by atoms with van der Waals surface area (Å²) in [5.74, 6) is 0. The van der Waals surface area contributed by atoms with Gasteiger partial charge in [-0.25, -0.2) is 0 Å². The third-order valence-corrected chi connectivity index (χ3v) is 4.61. The fraction of sp³-hybridized carbons (Fsp3) is 0.500. The lowest BCUT2D eigenvalue weighted by molar-refractivity contribution is -0.137. The van der Waals surface area contributed by atoms with Crippen molar-refractivity contribution < 1.29 is 22.5 Å². The van der Waals surface area contributed by atoms with Crippen LogP contribution in [0.2, 0.25) is 5.02 Å². The molecule has 0 aliphatic carbocycles. The van der Waals surface area contributed by atoms with Crippen molar-refractivity contribution in [3.8, 4) is 0 Å². The van der Waals surface area contributed by atoms with Crippen LogP contribution in [-0.2, 0) is 15.5 Å². The van der Waals surface area contributed by atoms with E-state index >= 15 is 0 Å². The second-order valence-corrected chi connectivity index (χ2v) is 7.22. The molecule has 2 N–H and O–H groups in total. The number of halogens is 4. The summed E-state index contributed by atoms with van der Waals surface area (Å²) in [4.78, 5) is 0. The summed E-state index contributed by atoms with van der Waals surface area (Å²) in [5, 5.41) is 0.00126. The van der Waals surface area contributed by atoms with Gasteiger partial charge in [0.25, 0.3) is 0 Å². The van der Waals surface area contributed by atoms with Gasteiger partial charge in [0.2, 0.25) is 0 Å². The van der Waals surface area contributed by atoms with Crippen LogP contribution in [0.25, 0.3) is 6.08 Å². The molecule has 0 aromatic heterocycles. The predicted octanol–water partition coefficient (Wildman–Crippen LogP) is 4.33. The van der Waals surface area contributed by atoms with Gasteiger partial charge in [0.15, 0.2) is 0 Å². The molecule has 24 heavy (non-hydrogen) atoms. The van der Waals surface area contributed by atoms with Crippen LogP contribution in [0.15, 0.2) is 23.7 Å². The monoisotopic (exact) mass is 361 g/mol. The van der Waals surface area contributed by atoms with Gasteiger partial charge in [0, 0.05) is 11.6 Å². The Balaban J connectivity index is 2.37. The minimum absolute atomic E-state index is 0.00126. The maximum atomic E-state index is 12.9. The molecule has 1 aliphatic rings. The van der Waals surface area contributed by atoms with E-state index < -0.39 is 30.1 Å². The molecule has 3 nitrogen and oxygen atoms in total. The van der Waals surface area contributed by atoms with Crippen LogP contribution < -0.4 is 5.73 Å². The van der Waals surface area contributed by atoms with Gasteiger partial charge >= 0.3 is 13.3 Å². The van der Waals surface area contributed by atoms with Crippen LogP contribution in [0.5, 0.6) is 0 Å². The molecule has 1 fully saturated rings. The van der Waals surface area contributed by atoms with E-state index in [1.807, 2.05) is 27.7 Å². The Kier molecular flexibility index (Phi) is 5.13. The van der Waals surface area contributed by atoms with Crippen LogP contribution in [-0.4, -0.2) is 24.9 Å². The molecule has 0 radical (unpaired) electrons. The van der Waals surface area contributed by atoms with Crippen LogP contribution in [0.1, 0.15) is 38.8 Å². The second kappa shape index (κ2) is 6.37. The number of hydrogen-bond acceptors (Lipinski definition) is 3. The lowest BCUT2D eigenvalue weighted by atomic mass is 9.77. The second-order valence-electron chi connectivity index (χ2n) is 6.78. The number of rotatable bonds is 3. The summed E-state index contributed by atoms with van der Waals surface area (Å²) in [7, 11) is -0.715. The third-order valence-electron chi connectivity index (χ3n) is 4.39. The summed E-state index contributed by atoms with van der Waals surface area (Å²) < 4.78 is 50.5. The summed E-state index contributed by atoms with van der Waals surface area (Å²) in [6.45, 7) is 7.65. The standard InChI is InChI=1S/C16H20BClF3NO2/c1-14(2)15(3,4)24-17(23-14)12(9-22)6-10-5-11(16(19,20)21)8-13(18)7-10/h5-8H,9,22H2,1-4H3. The Morgan fingerprint density at radius 2 is 1.71 bits per heavy atom. The van der Waals surface area contributed by atoms with E-state index in [0.29, 0.717) is 11.0 Å². The Labute approximate surface area is 145 Å². The Morgan fingerprint density at radius 1 is 1.17 bits per heavy atom. The molecule has 1 aromatic carbocycles. The topological polar surface area (TPSA) is 44.5 Å². The normalized spacial score (nSPS) is 20.5. The summed E-state index contributed by atoms with van der Waals surface area (Å²) in [6, 6.07) is 3.35. The van der Waals surface area contributed by atoms with E-state index in [0.717, 1.165) is 12.1 Å². The number of benzene rings is 1. The first kappa shape index (κ1) is 19.3. The molecule has 2 rings (SSSR count). The Hall–Kier alpha value is -1.02. The van der Waals surface area contributed by atoms with Crippen molar-refractivity contribution in [1.29, 1.82) is 0 Å². The van der Waals surface area contributed by atoms with E-state index in [2.05, 4.69) is 0 Å². The molecule has 1 aliphatic heterocycles. The van der Waals surface area contributed by atoms with Crippen molar-refractivity contribution in [1.82, 2.24) is 0 Å². The molecular formula is C16H20BClF3NO2. The zero-order chi connectivity index (χ0) is 18.3. The van der Waals surface area contributed by atoms with Gasteiger partial charge in [-0.15, -0.1) is 0 Å². The highest BCUT2D eigenvalue weighted by atomic mass is 35.5. The van der Waals surface area contributed by atoms with E-state index in [1.54, 1.807) is 0 Å². The van der Waals surface area contributed by atoms with E-state index in [4.69, 9.17) is 26.6 Å². The first-order valence-electron chi connectivity index (χ1n) is 7.50. The Morgan fingerprint density at radius 3 is 2.17 bits per heavy atom. The molecule has 132 valence electrons. The summed E-state index contributed by atoms with van der Waals surface area (Å²) in [5.41, 5.74) is 4.67. The molecule has 1 heterocycles. The number of hydrogen-bond donors (Lipinski definition) is 1. The van der Waals surface area contributed by atoms with Gasteiger partial charge in [-0.2, -0.15) is 13.2 Å². The maximum Gasteiger partial charge on any atom is 0.491 e. The molecule has 0 amide bonds. The Bertz CT molecular complexity index is 643. The minimum atomic E-state index is -4.47.